The zero-order valence-corrected chi connectivity index (χ0v) is 7.96. The topological polar surface area (TPSA) is 46.6 Å². The second-order valence-electron chi connectivity index (χ2n) is 2.40. The Balaban J connectivity index is 4.11. The van der Waals surface area contributed by atoms with Crippen molar-refractivity contribution in [3.8, 4) is 0 Å². The van der Waals surface area contributed by atoms with Crippen LogP contribution in [0.3, 0.4) is 0 Å². The maximum Gasteiger partial charge on any atom is 0.260 e. The average Bonchev–Trinajstić information content (AvgIpc) is 2.22. The number of rotatable bonds is 6. The van der Waals surface area contributed by atoms with E-state index in [0.29, 0.717) is 11.5 Å². The lowest BCUT2D eigenvalue weighted by Crippen LogP contribution is -2.41. The van der Waals surface area contributed by atoms with Crippen molar-refractivity contribution in [2.45, 2.75) is 6.92 Å². The summed E-state index contributed by atoms with van der Waals surface area (Å²) < 4.78 is 28.7. The van der Waals surface area contributed by atoms with E-state index in [-0.39, 0.29) is 13.2 Å². The molecule has 0 N–H and O–H groups in total. The summed E-state index contributed by atoms with van der Waals surface area (Å²) >= 11 is 0. The summed E-state index contributed by atoms with van der Waals surface area (Å²) in [5.41, 5.74) is 0. The van der Waals surface area contributed by atoms with Gasteiger partial charge in [-0.05, 0) is 6.92 Å². The van der Waals surface area contributed by atoms with Crippen molar-refractivity contribution in [3.05, 3.63) is 0 Å². The first-order chi connectivity index (χ1) is 6.67. The number of amides is 2. The number of imide groups is 1. The summed E-state index contributed by atoms with van der Waals surface area (Å²) in [5.74, 6) is -2.07. The highest BCUT2D eigenvalue weighted by Gasteiger charge is 2.20. The Hall–Kier alpha value is -1.04. The molecule has 0 rings (SSSR count). The molecule has 0 spiro atoms. The van der Waals surface area contributed by atoms with Gasteiger partial charge in [-0.15, -0.1) is 0 Å². The molecule has 0 radical (unpaired) electrons. The second kappa shape index (κ2) is 7.37. The molecule has 0 heterocycles. The molecule has 0 bridgehead atoms. The number of carbonyl (C=O) groups excluding carboxylic acids is 2. The van der Waals surface area contributed by atoms with Crippen molar-refractivity contribution in [3.63, 3.8) is 0 Å². The van der Waals surface area contributed by atoms with Crippen LogP contribution in [0, 0.1) is 0 Å². The smallest absolute Gasteiger partial charge is 0.260 e. The van der Waals surface area contributed by atoms with E-state index in [0.717, 1.165) is 0 Å². The first-order valence-electron chi connectivity index (χ1n) is 4.20. The summed E-state index contributed by atoms with van der Waals surface area (Å²) in [4.78, 5) is 22.2. The normalized spacial score (nSPS) is 9.93. The van der Waals surface area contributed by atoms with Crippen LogP contribution in [0.4, 0.5) is 8.78 Å². The molecule has 0 saturated carbocycles. The fourth-order valence-corrected chi connectivity index (χ4v) is 0.833. The van der Waals surface area contributed by atoms with Crippen LogP contribution < -0.4 is 0 Å². The molecule has 0 atom stereocenters. The van der Waals surface area contributed by atoms with Crippen molar-refractivity contribution < 1.29 is 23.1 Å². The Bertz CT molecular complexity index is 183. The molecular formula is C8H13F2NO3. The van der Waals surface area contributed by atoms with Gasteiger partial charge in [-0.25, -0.2) is 8.78 Å². The van der Waals surface area contributed by atoms with Gasteiger partial charge in [0.15, 0.2) is 13.3 Å². The van der Waals surface area contributed by atoms with Crippen LogP contribution in [0.2, 0.25) is 0 Å². The van der Waals surface area contributed by atoms with Crippen molar-refractivity contribution >= 4 is 11.8 Å². The van der Waals surface area contributed by atoms with Gasteiger partial charge in [-0.3, -0.25) is 14.5 Å². The monoisotopic (exact) mass is 209 g/mol. The molecule has 14 heavy (non-hydrogen) atoms. The van der Waals surface area contributed by atoms with Crippen LogP contribution in [0.25, 0.3) is 0 Å². The Morgan fingerprint density at radius 1 is 1.21 bits per heavy atom. The molecule has 0 aromatic rings. The molecule has 0 saturated heterocycles. The number of carbonyl (C=O) groups is 2. The van der Waals surface area contributed by atoms with E-state index in [2.05, 4.69) is 0 Å². The number of nitrogens with zero attached hydrogens (tertiary/aromatic N) is 1. The highest BCUT2D eigenvalue weighted by atomic mass is 19.1. The molecule has 6 heteroatoms. The number of alkyl halides is 2. The molecule has 0 aromatic carbocycles. The fraction of sp³-hybridized carbons (Fsp3) is 0.750. The molecule has 2 amide bonds. The van der Waals surface area contributed by atoms with E-state index in [1.54, 1.807) is 6.92 Å². The number of ether oxygens (including phenoxy) is 1. The molecule has 0 unspecified atom stereocenters. The largest absolute Gasteiger partial charge is 0.380 e. The molecular weight excluding hydrogens is 196 g/mol. The van der Waals surface area contributed by atoms with E-state index >= 15 is 0 Å². The molecule has 0 aliphatic carbocycles. The van der Waals surface area contributed by atoms with Gasteiger partial charge in [0.25, 0.3) is 11.8 Å². The minimum Gasteiger partial charge on any atom is -0.380 e. The third kappa shape index (κ3) is 4.27. The summed E-state index contributed by atoms with van der Waals surface area (Å²) in [6.07, 6.45) is 0. The zero-order chi connectivity index (χ0) is 11.0. The Labute approximate surface area is 80.8 Å². The maximum absolute atomic E-state index is 11.9. The molecule has 82 valence electrons. The van der Waals surface area contributed by atoms with E-state index in [1.807, 2.05) is 0 Å². The van der Waals surface area contributed by atoms with Crippen LogP contribution in [0.1, 0.15) is 6.92 Å². The Morgan fingerprint density at radius 2 is 1.71 bits per heavy atom. The third-order valence-corrected chi connectivity index (χ3v) is 1.49. The van der Waals surface area contributed by atoms with E-state index < -0.39 is 25.2 Å². The second-order valence-corrected chi connectivity index (χ2v) is 2.40. The van der Waals surface area contributed by atoms with Crippen molar-refractivity contribution in [1.29, 1.82) is 0 Å². The number of hydrogen-bond donors (Lipinski definition) is 0. The van der Waals surface area contributed by atoms with Gasteiger partial charge in [0.2, 0.25) is 0 Å². The van der Waals surface area contributed by atoms with E-state index in [1.165, 1.54) is 0 Å². The van der Waals surface area contributed by atoms with Crippen LogP contribution in [-0.2, 0) is 14.3 Å². The van der Waals surface area contributed by atoms with Gasteiger partial charge in [-0.1, -0.05) is 0 Å². The van der Waals surface area contributed by atoms with Crippen molar-refractivity contribution in [1.82, 2.24) is 4.90 Å². The first-order valence-corrected chi connectivity index (χ1v) is 4.20. The minimum atomic E-state index is -1.31. The minimum absolute atomic E-state index is 0.0913. The Morgan fingerprint density at radius 3 is 2.07 bits per heavy atom. The van der Waals surface area contributed by atoms with Gasteiger partial charge in [-0.2, -0.15) is 0 Å². The lowest BCUT2D eigenvalue weighted by molar-refractivity contribution is -0.146. The molecule has 0 aliphatic heterocycles. The highest BCUT2D eigenvalue weighted by molar-refractivity contribution is 5.96. The third-order valence-electron chi connectivity index (χ3n) is 1.49. The van der Waals surface area contributed by atoms with Gasteiger partial charge in [0.1, 0.15) is 0 Å². The van der Waals surface area contributed by atoms with E-state index in [4.69, 9.17) is 4.74 Å². The summed E-state index contributed by atoms with van der Waals surface area (Å²) in [5, 5.41) is 0. The quantitative estimate of drug-likeness (QED) is 0.592. The predicted molar refractivity (Wildman–Crippen MR) is 45.2 cm³/mol. The summed E-state index contributed by atoms with van der Waals surface area (Å²) in [6.45, 7) is -0.483. The van der Waals surface area contributed by atoms with Crippen LogP contribution in [0.5, 0.6) is 0 Å². The number of hydrogen-bond acceptors (Lipinski definition) is 3. The lowest BCUT2D eigenvalue weighted by Gasteiger charge is -2.17. The van der Waals surface area contributed by atoms with Crippen molar-refractivity contribution in [2.24, 2.45) is 0 Å². The summed E-state index contributed by atoms with van der Waals surface area (Å²) in [7, 11) is 0. The molecule has 0 fully saturated rings. The van der Waals surface area contributed by atoms with Crippen LogP contribution >= 0.6 is 0 Å². The maximum atomic E-state index is 11.9. The molecule has 0 aliphatic rings. The zero-order valence-electron chi connectivity index (χ0n) is 7.96. The first kappa shape index (κ1) is 13.0. The average molecular weight is 209 g/mol. The van der Waals surface area contributed by atoms with Crippen molar-refractivity contribution in [2.75, 3.05) is 33.1 Å². The fourth-order valence-electron chi connectivity index (χ4n) is 0.833. The number of halogens is 2. The van der Waals surface area contributed by atoms with E-state index in [9.17, 15) is 18.4 Å². The SMILES string of the molecule is CCOCCN(C(=O)CF)C(=O)CF. The highest BCUT2D eigenvalue weighted by Crippen LogP contribution is 1.94. The van der Waals surface area contributed by atoms with Gasteiger partial charge in [0, 0.05) is 6.61 Å². The Kier molecular flexibility index (Phi) is 6.82. The van der Waals surface area contributed by atoms with Crippen LogP contribution in [0.15, 0.2) is 0 Å². The van der Waals surface area contributed by atoms with Gasteiger partial charge in [0.05, 0.1) is 13.2 Å². The standard InChI is InChI=1S/C8H13F2NO3/c1-2-14-4-3-11(7(12)5-9)8(13)6-10/h2-6H2,1H3. The lowest BCUT2D eigenvalue weighted by atomic mass is 10.4. The van der Waals surface area contributed by atoms with Gasteiger partial charge < -0.3 is 4.74 Å². The summed E-state index contributed by atoms with van der Waals surface area (Å²) in [6, 6.07) is 0. The van der Waals surface area contributed by atoms with Crippen LogP contribution in [-0.4, -0.2) is 49.8 Å². The molecule has 4 nitrogen and oxygen atoms in total. The van der Waals surface area contributed by atoms with Gasteiger partial charge >= 0.3 is 0 Å². The predicted octanol–water partition coefficient (Wildman–Crippen LogP) is 0.317. The molecule has 0 aromatic heterocycles.